The first-order valence-electron chi connectivity index (χ1n) is 11.8. The van der Waals surface area contributed by atoms with Crippen molar-refractivity contribution in [2.75, 3.05) is 59.3 Å². The number of carbonyl (C=O) groups is 1. The molecule has 4 heterocycles. The van der Waals surface area contributed by atoms with Crippen LogP contribution in [0.2, 0.25) is 0 Å². The van der Waals surface area contributed by atoms with Crippen LogP contribution in [0.25, 0.3) is 0 Å². The van der Waals surface area contributed by atoms with E-state index in [1.54, 1.807) is 24.3 Å². The van der Waals surface area contributed by atoms with Crippen molar-refractivity contribution in [3.05, 3.63) is 24.3 Å². The fourth-order valence-electron chi connectivity index (χ4n) is 4.76. The van der Waals surface area contributed by atoms with Gasteiger partial charge in [-0.3, -0.25) is 4.79 Å². The Labute approximate surface area is 188 Å². The largest absolute Gasteiger partial charge is 0.506 e. The number of anilines is 4. The van der Waals surface area contributed by atoms with Crippen molar-refractivity contribution < 1.29 is 9.90 Å². The summed E-state index contributed by atoms with van der Waals surface area (Å²) in [6, 6.07) is 6.83. The number of benzene rings is 1. The van der Waals surface area contributed by atoms with Crippen molar-refractivity contribution in [1.29, 1.82) is 0 Å². The molecule has 0 unspecified atom stereocenters. The first-order valence-corrected chi connectivity index (χ1v) is 11.8. The van der Waals surface area contributed by atoms with E-state index in [0.717, 1.165) is 70.0 Å². The van der Waals surface area contributed by atoms with Crippen LogP contribution < -0.4 is 20.0 Å². The predicted octanol–water partition coefficient (Wildman–Crippen LogP) is 2.63. The molecule has 3 aliphatic heterocycles. The van der Waals surface area contributed by atoms with E-state index in [9.17, 15) is 9.90 Å². The molecule has 2 aromatic rings. The molecule has 0 radical (unpaired) electrons. The zero-order valence-electron chi connectivity index (χ0n) is 18.4. The van der Waals surface area contributed by atoms with E-state index < -0.39 is 0 Å². The third kappa shape index (κ3) is 4.42. The number of nitrogens with one attached hydrogen (secondary N) is 1. The number of hydrogen-bond acceptors (Lipinski definition) is 8. The Kier molecular flexibility index (Phi) is 5.96. The molecule has 0 spiro atoms. The van der Waals surface area contributed by atoms with E-state index in [2.05, 4.69) is 20.0 Å². The predicted molar refractivity (Wildman–Crippen MR) is 124 cm³/mol. The fraction of sp³-hybridized carbons (Fsp3) is 0.565. The van der Waals surface area contributed by atoms with Crippen LogP contribution >= 0.6 is 0 Å². The summed E-state index contributed by atoms with van der Waals surface area (Å²) in [7, 11) is 0. The van der Waals surface area contributed by atoms with Gasteiger partial charge in [0.2, 0.25) is 23.8 Å². The molecule has 9 nitrogen and oxygen atoms in total. The number of nitrogens with zero attached hydrogens (tertiary/aromatic N) is 6. The van der Waals surface area contributed by atoms with Gasteiger partial charge in [0.25, 0.3) is 0 Å². The summed E-state index contributed by atoms with van der Waals surface area (Å²) in [6.45, 7) is 5.44. The zero-order chi connectivity index (χ0) is 21.9. The van der Waals surface area contributed by atoms with Gasteiger partial charge in [0.15, 0.2) is 0 Å². The van der Waals surface area contributed by atoms with Crippen molar-refractivity contribution in [2.45, 2.75) is 38.5 Å². The van der Waals surface area contributed by atoms with Crippen molar-refractivity contribution >= 4 is 29.4 Å². The number of aromatic nitrogens is 3. The summed E-state index contributed by atoms with van der Waals surface area (Å²) in [5.74, 6) is 2.25. The molecule has 32 heavy (non-hydrogen) atoms. The lowest BCUT2D eigenvalue weighted by molar-refractivity contribution is -0.120. The number of carbonyl (C=O) groups excluding carboxylic acids is 1. The van der Waals surface area contributed by atoms with Crippen LogP contribution in [-0.2, 0) is 4.79 Å². The van der Waals surface area contributed by atoms with Gasteiger partial charge in [0, 0.05) is 45.2 Å². The Balaban J connectivity index is 1.28. The number of rotatable bonds is 5. The maximum absolute atomic E-state index is 12.7. The molecule has 0 atom stereocenters. The second-order valence-corrected chi connectivity index (χ2v) is 8.89. The Bertz CT molecular complexity index is 915. The highest BCUT2D eigenvalue weighted by atomic mass is 16.3. The van der Waals surface area contributed by atoms with Crippen LogP contribution in [-0.4, -0.2) is 65.2 Å². The molecule has 3 aliphatic rings. The highest BCUT2D eigenvalue weighted by Gasteiger charge is 2.29. The van der Waals surface area contributed by atoms with Gasteiger partial charge in [-0.05, 0) is 50.7 Å². The number of phenols is 1. The van der Waals surface area contributed by atoms with Crippen molar-refractivity contribution in [3.8, 4) is 5.75 Å². The molecule has 0 saturated carbocycles. The van der Waals surface area contributed by atoms with Crippen LogP contribution in [0, 0.1) is 5.92 Å². The van der Waals surface area contributed by atoms with Crippen LogP contribution in [0.4, 0.5) is 23.5 Å². The molecular formula is C23H31N7O2. The van der Waals surface area contributed by atoms with Gasteiger partial charge < -0.3 is 25.1 Å². The SMILES string of the molecule is O=C(Nc1ccccc1O)C1CCN(c2nc(N3CCCC3)nc(N3CCCC3)n2)CC1. The van der Waals surface area contributed by atoms with E-state index in [1.165, 1.54) is 25.7 Å². The standard InChI is InChI=1S/C23H31N7O2/c31-19-8-2-1-7-18(19)24-20(32)17-9-15-30(16-10-17)23-26-21(28-11-3-4-12-28)25-22(27-23)29-13-5-6-14-29/h1-2,7-8,17,31H,3-6,9-16H2,(H,24,32). The molecule has 9 heteroatoms. The van der Waals surface area contributed by atoms with Crippen molar-refractivity contribution in [2.24, 2.45) is 5.92 Å². The average molecular weight is 438 g/mol. The Hall–Kier alpha value is -3.10. The number of amides is 1. The average Bonchev–Trinajstić information content (AvgIpc) is 3.55. The number of hydrogen-bond donors (Lipinski definition) is 2. The maximum atomic E-state index is 12.7. The molecule has 170 valence electrons. The molecule has 1 aromatic carbocycles. The minimum atomic E-state index is -0.0937. The lowest BCUT2D eigenvalue weighted by Crippen LogP contribution is -2.39. The molecule has 5 rings (SSSR count). The van der Waals surface area contributed by atoms with E-state index in [1.807, 2.05) is 0 Å². The van der Waals surface area contributed by atoms with E-state index in [-0.39, 0.29) is 17.6 Å². The lowest BCUT2D eigenvalue weighted by Gasteiger charge is -2.32. The smallest absolute Gasteiger partial charge is 0.231 e. The summed E-state index contributed by atoms with van der Waals surface area (Å²) in [5.41, 5.74) is 0.461. The summed E-state index contributed by atoms with van der Waals surface area (Å²) >= 11 is 0. The number of piperidine rings is 1. The quantitative estimate of drug-likeness (QED) is 0.689. The first-order chi connectivity index (χ1) is 15.7. The second-order valence-electron chi connectivity index (χ2n) is 8.89. The third-order valence-corrected chi connectivity index (χ3v) is 6.69. The Morgan fingerprint density at radius 2 is 1.25 bits per heavy atom. The fourth-order valence-corrected chi connectivity index (χ4v) is 4.76. The number of para-hydroxylation sites is 2. The van der Waals surface area contributed by atoms with Crippen LogP contribution in [0.5, 0.6) is 5.75 Å². The molecule has 3 fully saturated rings. The maximum Gasteiger partial charge on any atom is 0.231 e. The van der Waals surface area contributed by atoms with Gasteiger partial charge in [-0.25, -0.2) is 0 Å². The van der Waals surface area contributed by atoms with Gasteiger partial charge in [-0.2, -0.15) is 15.0 Å². The monoisotopic (exact) mass is 437 g/mol. The van der Waals surface area contributed by atoms with E-state index in [0.29, 0.717) is 5.69 Å². The van der Waals surface area contributed by atoms with Gasteiger partial charge >= 0.3 is 0 Å². The zero-order valence-corrected chi connectivity index (χ0v) is 18.4. The second kappa shape index (κ2) is 9.18. The van der Waals surface area contributed by atoms with Crippen LogP contribution in [0.1, 0.15) is 38.5 Å². The summed E-state index contributed by atoms with van der Waals surface area (Å²) < 4.78 is 0. The number of aromatic hydroxyl groups is 1. The molecular weight excluding hydrogens is 406 g/mol. The minimum Gasteiger partial charge on any atom is -0.506 e. The summed E-state index contributed by atoms with van der Waals surface area (Å²) in [4.78, 5) is 33.9. The Morgan fingerprint density at radius 1 is 0.781 bits per heavy atom. The van der Waals surface area contributed by atoms with Gasteiger partial charge in [0.05, 0.1) is 5.69 Å². The minimum absolute atomic E-state index is 0.0442. The molecule has 1 aromatic heterocycles. The van der Waals surface area contributed by atoms with Gasteiger partial charge in [0.1, 0.15) is 5.75 Å². The molecule has 0 bridgehead atoms. The first kappa shape index (κ1) is 20.8. The summed E-state index contributed by atoms with van der Waals surface area (Å²) in [6.07, 6.45) is 6.16. The molecule has 1 amide bonds. The third-order valence-electron chi connectivity index (χ3n) is 6.69. The van der Waals surface area contributed by atoms with Gasteiger partial charge in [-0.15, -0.1) is 0 Å². The van der Waals surface area contributed by atoms with E-state index >= 15 is 0 Å². The van der Waals surface area contributed by atoms with Crippen molar-refractivity contribution in [1.82, 2.24) is 15.0 Å². The highest BCUT2D eigenvalue weighted by Crippen LogP contribution is 2.28. The Morgan fingerprint density at radius 3 is 1.75 bits per heavy atom. The molecule has 3 saturated heterocycles. The molecule has 0 aliphatic carbocycles. The van der Waals surface area contributed by atoms with E-state index in [4.69, 9.17) is 15.0 Å². The van der Waals surface area contributed by atoms with Crippen LogP contribution in [0.3, 0.4) is 0 Å². The number of phenolic OH excluding ortho intramolecular Hbond substituents is 1. The highest BCUT2D eigenvalue weighted by molar-refractivity contribution is 5.94. The topological polar surface area (TPSA) is 97.7 Å². The summed E-state index contributed by atoms with van der Waals surface area (Å²) in [5, 5.41) is 12.8. The normalized spacial score (nSPS) is 19.6. The molecule has 2 N–H and O–H groups in total. The lowest BCUT2D eigenvalue weighted by atomic mass is 9.96. The van der Waals surface area contributed by atoms with Crippen LogP contribution in [0.15, 0.2) is 24.3 Å². The van der Waals surface area contributed by atoms with Gasteiger partial charge in [-0.1, -0.05) is 12.1 Å². The van der Waals surface area contributed by atoms with Crippen molar-refractivity contribution in [3.63, 3.8) is 0 Å².